The van der Waals surface area contributed by atoms with Gasteiger partial charge < -0.3 is 20.5 Å². The average molecular weight is 338 g/mol. The first-order valence-electron chi connectivity index (χ1n) is 7.96. The molecule has 0 spiro atoms. The minimum Gasteiger partial charge on any atom is -0.454 e. The number of benzene rings is 2. The molecule has 6 nitrogen and oxygen atoms in total. The van der Waals surface area contributed by atoms with Crippen LogP contribution in [0.25, 0.3) is 0 Å². The number of Topliss-reactive ketones (excluding diaryl/α,β-unsaturated/α-hetero) is 1. The molecule has 0 bridgehead atoms. The number of amides is 1. The van der Waals surface area contributed by atoms with Gasteiger partial charge in [0.05, 0.1) is 5.56 Å². The third kappa shape index (κ3) is 1.57. The van der Waals surface area contributed by atoms with Crippen molar-refractivity contribution in [2.75, 3.05) is 12.8 Å². The quantitative estimate of drug-likeness (QED) is 0.772. The Balaban J connectivity index is 2.13. The summed E-state index contributed by atoms with van der Waals surface area (Å²) in [6.07, 6.45) is 0. The minimum absolute atomic E-state index is 0.198. The molecule has 0 fully saturated rings. The van der Waals surface area contributed by atoms with Gasteiger partial charge in [-0.2, -0.15) is 0 Å². The largest absolute Gasteiger partial charge is 0.454 e. The Bertz CT molecular complexity index is 954. The van der Waals surface area contributed by atoms with Gasteiger partial charge in [-0.15, -0.1) is 0 Å². The molecule has 2 aliphatic rings. The Labute approximate surface area is 144 Å². The van der Waals surface area contributed by atoms with Crippen LogP contribution in [0.1, 0.15) is 34.0 Å². The van der Waals surface area contributed by atoms with E-state index in [1.807, 2.05) is 13.0 Å². The Morgan fingerprint density at radius 3 is 2.64 bits per heavy atom. The molecule has 1 aliphatic carbocycles. The van der Waals surface area contributed by atoms with Gasteiger partial charge in [-0.1, -0.05) is 24.3 Å². The van der Waals surface area contributed by atoms with Crippen molar-refractivity contribution in [3.05, 3.63) is 58.7 Å². The Morgan fingerprint density at radius 2 is 1.96 bits per heavy atom. The fraction of sp³-hybridized carbons (Fsp3) is 0.263. The molecule has 1 amide bonds. The topological polar surface area (TPSA) is 92.9 Å². The summed E-state index contributed by atoms with van der Waals surface area (Å²) >= 11 is 0. The Hall–Kier alpha value is -2.86. The number of aliphatic hydroxyl groups is 1. The van der Waals surface area contributed by atoms with Crippen LogP contribution >= 0.6 is 0 Å². The van der Waals surface area contributed by atoms with E-state index in [4.69, 9.17) is 10.5 Å². The van der Waals surface area contributed by atoms with Crippen LogP contribution in [0.15, 0.2) is 36.4 Å². The van der Waals surface area contributed by atoms with Crippen LogP contribution < -0.4 is 10.5 Å². The van der Waals surface area contributed by atoms with E-state index in [1.54, 1.807) is 30.3 Å². The number of likely N-dealkylation sites (N-methyl/N-ethyl adjacent to an activating group) is 1. The third-order valence-corrected chi connectivity index (χ3v) is 5.27. The van der Waals surface area contributed by atoms with Gasteiger partial charge >= 0.3 is 0 Å². The number of ketones is 1. The summed E-state index contributed by atoms with van der Waals surface area (Å²) in [4.78, 5) is 27.0. The summed E-state index contributed by atoms with van der Waals surface area (Å²) in [7, 11) is 1.49. The highest BCUT2D eigenvalue weighted by Crippen LogP contribution is 2.61. The van der Waals surface area contributed by atoms with E-state index < -0.39 is 17.1 Å². The van der Waals surface area contributed by atoms with Gasteiger partial charge in [-0.25, -0.2) is 0 Å². The van der Waals surface area contributed by atoms with E-state index in [-0.39, 0.29) is 22.7 Å². The first-order chi connectivity index (χ1) is 11.7. The van der Waals surface area contributed by atoms with Crippen molar-refractivity contribution in [3.8, 4) is 5.75 Å². The Morgan fingerprint density at radius 1 is 1.24 bits per heavy atom. The summed E-state index contributed by atoms with van der Waals surface area (Å²) in [5, 5.41) is 11.6. The van der Waals surface area contributed by atoms with E-state index in [0.717, 1.165) is 5.56 Å². The number of nitrogens with zero attached hydrogens (tertiary/aromatic N) is 1. The molecule has 2 atom stereocenters. The summed E-state index contributed by atoms with van der Waals surface area (Å²) in [5.74, 6) is -2.44. The van der Waals surface area contributed by atoms with Gasteiger partial charge in [-0.05, 0) is 24.6 Å². The number of carbonyl (C=O) groups is 2. The van der Waals surface area contributed by atoms with Crippen molar-refractivity contribution in [2.45, 2.75) is 25.2 Å². The molecular formula is C19H18N2O4. The van der Waals surface area contributed by atoms with Gasteiger partial charge in [0, 0.05) is 30.8 Å². The first-order valence-corrected chi connectivity index (χ1v) is 7.96. The number of rotatable bonds is 1. The molecule has 6 heteroatoms. The predicted octanol–water partition coefficient (Wildman–Crippen LogP) is 1.68. The molecule has 1 aliphatic heterocycles. The first kappa shape index (κ1) is 15.7. The lowest BCUT2D eigenvalue weighted by Crippen LogP contribution is -2.60. The highest BCUT2D eigenvalue weighted by Gasteiger charge is 2.73. The van der Waals surface area contributed by atoms with Crippen LogP contribution in [-0.4, -0.2) is 28.7 Å². The number of fused-ring (bicyclic) bond motifs is 5. The average Bonchev–Trinajstić information content (AvgIpc) is 2.92. The lowest BCUT2D eigenvalue weighted by Gasteiger charge is -2.40. The fourth-order valence-corrected chi connectivity index (χ4v) is 4.04. The molecule has 4 rings (SSSR count). The maximum absolute atomic E-state index is 13.5. The number of ether oxygens (including phenoxy) is 1. The number of anilines is 1. The number of nitrogen functional groups attached to an aromatic ring is 1. The highest BCUT2D eigenvalue weighted by atomic mass is 16.6. The van der Waals surface area contributed by atoms with Crippen LogP contribution in [0, 0.1) is 6.92 Å². The summed E-state index contributed by atoms with van der Waals surface area (Å²) in [5.41, 5.74) is 6.42. The third-order valence-electron chi connectivity index (χ3n) is 5.27. The molecule has 128 valence electrons. The molecule has 2 aromatic rings. The molecular weight excluding hydrogens is 320 g/mol. The predicted molar refractivity (Wildman–Crippen MR) is 91.0 cm³/mol. The van der Waals surface area contributed by atoms with E-state index in [0.29, 0.717) is 11.3 Å². The zero-order valence-corrected chi connectivity index (χ0v) is 14.2. The van der Waals surface area contributed by atoms with Gasteiger partial charge in [0.25, 0.3) is 5.79 Å². The van der Waals surface area contributed by atoms with Crippen LogP contribution in [-0.2, 0) is 16.1 Å². The zero-order chi connectivity index (χ0) is 18.1. The number of nitrogens with two attached hydrogens (primary N) is 1. The molecule has 0 radical (unpaired) electrons. The zero-order valence-electron chi connectivity index (χ0n) is 14.2. The Kier molecular flexibility index (Phi) is 2.89. The van der Waals surface area contributed by atoms with Crippen molar-refractivity contribution < 1.29 is 19.4 Å². The second-order valence-corrected chi connectivity index (χ2v) is 6.63. The van der Waals surface area contributed by atoms with Crippen molar-refractivity contribution in [3.63, 3.8) is 0 Å². The lowest BCUT2D eigenvalue weighted by molar-refractivity contribution is -0.201. The van der Waals surface area contributed by atoms with Crippen LogP contribution in [0.4, 0.5) is 5.69 Å². The van der Waals surface area contributed by atoms with E-state index in [2.05, 4.69) is 0 Å². The molecule has 25 heavy (non-hydrogen) atoms. The molecule has 0 aromatic heterocycles. The maximum Gasteiger partial charge on any atom is 0.271 e. The second-order valence-electron chi connectivity index (χ2n) is 6.63. The smallest absolute Gasteiger partial charge is 0.271 e. The number of hydrogen-bond donors (Lipinski definition) is 2. The van der Waals surface area contributed by atoms with Gasteiger partial charge in [0.15, 0.2) is 0 Å². The SMILES string of the molecule is CC(=O)N(C)C12C(=O)c3c(N)cccc3C1(O)Oc1cc(C)ccc12. The normalized spacial score (nSPS) is 25.8. The second kappa shape index (κ2) is 4.61. The van der Waals surface area contributed by atoms with Crippen molar-refractivity contribution in [2.24, 2.45) is 0 Å². The fourth-order valence-electron chi connectivity index (χ4n) is 4.04. The molecule has 2 unspecified atom stereocenters. The van der Waals surface area contributed by atoms with E-state index in [1.165, 1.54) is 18.9 Å². The van der Waals surface area contributed by atoms with E-state index in [9.17, 15) is 14.7 Å². The van der Waals surface area contributed by atoms with Crippen molar-refractivity contribution in [1.29, 1.82) is 0 Å². The van der Waals surface area contributed by atoms with Crippen molar-refractivity contribution >= 4 is 17.4 Å². The van der Waals surface area contributed by atoms with Crippen LogP contribution in [0.5, 0.6) is 5.75 Å². The van der Waals surface area contributed by atoms with E-state index >= 15 is 0 Å². The summed E-state index contributed by atoms with van der Waals surface area (Å²) in [6, 6.07) is 10.2. The number of hydrogen-bond acceptors (Lipinski definition) is 5. The van der Waals surface area contributed by atoms with Crippen LogP contribution in [0.2, 0.25) is 0 Å². The molecule has 3 N–H and O–H groups in total. The van der Waals surface area contributed by atoms with Crippen LogP contribution in [0.3, 0.4) is 0 Å². The standard InChI is InChI=1S/C19H18N2O4/c1-10-7-8-12-15(9-10)25-19(24)13-5-4-6-14(20)16(13)17(23)18(12,19)21(3)11(2)22/h4-9,24H,20H2,1-3H3. The summed E-state index contributed by atoms with van der Waals surface area (Å²) < 4.78 is 5.91. The monoisotopic (exact) mass is 338 g/mol. The highest BCUT2D eigenvalue weighted by molar-refractivity contribution is 6.15. The van der Waals surface area contributed by atoms with Gasteiger partial charge in [0.1, 0.15) is 5.75 Å². The molecule has 1 heterocycles. The molecule has 2 aromatic carbocycles. The molecule has 0 saturated carbocycles. The van der Waals surface area contributed by atoms with Gasteiger partial charge in [-0.3, -0.25) is 9.59 Å². The minimum atomic E-state index is -2.02. The molecule has 0 saturated heterocycles. The summed E-state index contributed by atoms with van der Waals surface area (Å²) in [6.45, 7) is 3.23. The lowest BCUT2D eigenvalue weighted by atomic mass is 9.81. The number of carbonyl (C=O) groups excluding carboxylic acids is 2. The maximum atomic E-state index is 13.5. The van der Waals surface area contributed by atoms with Crippen molar-refractivity contribution in [1.82, 2.24) is 4.90 Å². The van der Waals surface area contributed by atoms with Gasteiger partial charge in [0.2, 0.25) is 17.2 Å². The number of aryl methyl sites for hydroxylation is 1.